The number of carbonyl (C=O) groups excluding carboxylic acids is 1. The Hall–Kier alpha value is -1.79. The molecule has 0 unspecified atom stereocenters. The maximum Gasteiger partial charge on any atom is 0.188 e. The summed E-state index contributed by atoms with van der Waals surface area (Å²) in [5.74, 6) is 2.79. The summed E-state index contributed by atoms with van der Waals surface area (Å²) in [5, 5.41) is 8.67. The minimum atomic E-state index is -0.678. The molecule has 0 aliphatic heterocycles. The monoisotopic (exact) mass is 218 g/mol. The zero-order chi connectivity index (χ0) is 12.2. The average Bonchev–Trinajstić information content (AvgIpc) is 2.28. The van der Waals surface area contributed by atoms with Crippen molar-refractivity contribution in [3.63, 3.8) is 0 Å². The van der Waals surface area contributed by atoms with Crippen LogP contribution in [0.1, 0.15) is 24.2 Å². The second-order valence-corrected chi connectivity index (χ2v) is 3.86. The number of carbonyl (C=O) groups is 1. The number of aliphatic hydroxyl groups excluding tert-OH is 1. The van der Waals surface area contributed by atoms with Gasteiger partial charge in [-0.15, -0.1) is 6.42 Å². The van der Waals surface area contributed by atoms with Crippen molar-refractivity contribution in [2.24, 2.45) is 0 Å². The van der Waals surface area contributed by atoms with E-state index in [4.69, 9.17) is 16.3 Å². The predicted octanol–water partition coefficient (Wildman–Crippen LogP) is 1.65. The Morgan fingerprint density at radius 1 is 1.44 bits per heavy atom. The van der Waals surface area contributed by atoms with Crippen LogP contribution in [-0.2, 0) is 0 Å². The van der Waals surface area contributed by atoms with Crippen molar-refractivity contribution in [1.29, 1.82) is 0 Å². The van der Waals surface area contributed by atoms with Crippen LogP contribution >= 0.6 is 0 Å². The average molecular weight is 218 g/mol. The molecule has 16 heavy (non-hydrogen) atoms. The Labute approximate surface area is 95.1 Å². The van der Waals surface area contributed by atoms with Crippen LogP contribution in [0.15, 0.2) is 24.3 Å². The molecule has 0 heterocycles. The number of hydrogen-bond donors (Lipinski definition) is 1. The van der Waals surface area contributed by atoms with Gasteiger partial charge in [-0.25, -0.2) is 0 Å². The Balaban J connectivity index is 2.81. The van der Waals surface area contributed by atoms with Crippen molar-refractivity contribution < 1.29 is 14.6 Å². The maximum absolute atomic E-state index is 11.1. The summed E-state index contributed by atoms with van der Waals surface area (Å²) in [5.41, 5.74) is -0.226. The molecule has 3 nitrogen and oxygen atoms in total. The lowest BCUT2D eigenvalue weighted by atomic mass is 10.1. The van der Waals surface area contributed by atoms with Crippen LogP contribution in [0.5, 0.6) is 5.75 Å². The van der Waals surface area contributed by atoms with Gasteiger partial charge in [0.05, 0.1) is 0 Å². The Kier molecular flexibility index (Phi) is 3.70. The number of hydrogen-bond acceptors (Lipinski definition) is 3. The lowest BCUT2D eigenvalue weighted by Crippen LogP contribution is -2.25. The van der Waals surface area contributed by atoms with Crippen LogP contribution in [-0.4, -0.2) is 23.1 Å². The topological polar surface area (TPSA) is 46.5 Å². The summed E-state index contributed by atoms with van der Waals surface area (Å²) in [6.07, 6.45) is 5.29. The molecule has 0 amide bonds. The Bertz CT molecular complexity index is 410. The molecule has 1 aromatic carbocycles. The predicted molar refractivity (Wildman–Crippen MR) is 61.4 cm³/mol. The van der Waals surface area contributed by atoms with Gasteiger partial charge in [0.1, 0.15) is 12.4 Å². The van der Waals surface area contributed by atoms with Crippen LogP contribution in [0, 0.1) is 12.3 Å². The quantitative estimate of drug-likeness (QED) is 0.617. The first-order valence-electron chi connectivity index (χ1n) is 4.89. The van der Waals surface area contributed by atoms with Gasteiger partial charge < -0.3 is 9.84 Å². The SMILES string of the molecule is C#CC(C)(C)Oc1ccc(C(=O)CO)cc1. The number of ether oxygens (including phenoxy) is 1. The minimum Gasteiger partial charge on any atom is -0.475 e. The molecule has 0 saturated heterocycles. The summed E-state index contributed by atoms with van der Waals surface area (Å²) < 4.78 is 5.51. The summed E-state index contributed by atoms with van der Waals surface area (Å²) >= 11 is 0. The number of aliphatic hydroxyl groups is 1. The third-order valence-electron chi connectivity index (χ3n) is 2.04. The van der Waals surface area contributed by atoms with Gasteiger partial charge in [0.15, 0.2) is 11.4 Å². The Morgan fingerprint density at radius 2 is 2.00 bits per heavy atom. The summed E-state index contributed by atoms with van der Waals surface area (Å²) in [4.78, 5) is 11.1. The second kappa shape index (κ2) is 4.82. The second-order valence-electron chi connectivity index (χ2n) is 3.86. The standard InChI is InChI=1S/C13H14O3/c1-4-13(2,3)16-11-7-5-10(6-8-11)12(15)9-14/h1,5-8,14H,9H2,2-3H3. The molecule has 84 valence electrons. The van der Waals surface area contributed by atoms with E-state index in [1.54, 1.807) is 38.1 Å². The number of rotatable bonds is 4. The van der Waals surface area contributed by atoms with E-state index in [9.17, 15) is 4.79 Å². The first-order chi connectivity index (χ1) is 7.48. The van der Waals surface area contributed by atoms with E-state index >= 15 is 0 Å². The number of ketones is 1. The molecule has 0 aromatic heterocycles. The van der Waals surface area contributed by atoms with E-state index in [2.05, 4.69) is 5.92 Å². The van der Waals surface area contributed by atoms with Crippen LogP contribution in [0.25, 0.3) is 0 Å². The fraction of sp³-hybridized carbons (Fsp3) is 0.308. The van der Waals surface area contributed by atoms with E-state index in [0.717, 1.165) is 0 Å². The third kappa shape index (κ3) is 3.11. The molecule has 1 rings (SSSR count). The highest BCUT2D eigenvalue weighted by Gasteiger charge is 2.15. The highest BCUT2D eigenvalue weighted by molar-refractivity contribution is 5.96. The molecule has 0 radical (unpaired) electrons. The van der Waals surface area contributed by atoms with Crippen LogP contribution in [0.3, 0.4) is 0 Å². The highest BCUT2D eigenvalue weighted by atomic mass is 16.5. The maximum atomic E-state index is 11.1. The molecule has 0 saturated carbocycles. The third-order valence-corrected chi connectivity index (χ3v) is 2.04. The van der Waals surface area contributed by atoms with Crippen molar-refractivity contribution in [2.45, 2.75) is 19.4 Å². The number of benzene rings is 1. The molecule has 0 spiro atoms. The molecule has 1 N–H and O–H groups in total. The summed E-state index contributed by atoms with van der Waals surface area (Å²) in [6, 6.07) is 6.50. The van der Waals surface area contributed by atoms with Crippen molar-refractivity contribution in [1.82, 2.24) is 0 Å². The van der Waals surface area contributed by atoms with Gasteiger partial charge in [0.2, 0.25) is 0 Å². The number of Topliss-reactive ketones (excluding diaryl/α,β-unsaturated/α-hetero) is 1. The Morgan fingerprint density at radius 3 is 2.44 bits per heavy atom. The van der Waals surface area contributed by atoms with Crippen molar-refractivity contribution >= 4 is 5.78 Å². The van der Waals surface area contributed by atoms with Gasteiger partial charge in [0.25, 0.3) is 0 Å². The molecule has 0 fully saturated rings. The first-order valence-corrected chi connectivity index (χ1v) is 4.89. The lowest BCUT2D eigenvalue weighted by molar-refractivity contribution is 0.0903. The normalized spacial score (nSPS) is 10.6. The fourth-order valence-corrected chi connectivity index (χ4v) is 1.12. The molecule has 0 bridgehead atoms. The van der Waals surface area contributed by atoms with Gasteiger partial charge in [-0.05, 0) is 38.1 Å². The fourth-order valence-electron chi connectivity index (χ4n) is 1.12. The van der Waals surface area contributed by atoms with Crippen LogP contribution in [0.2, 0.25) is 0 Å². The van der Waals surface area contributed by atoms with Gasteiger partial charge in [-0.2, -0.15) is 0 Å². The van der Waals surface area contributed by atoms with E-state index < -0.39 is 12.2 Å². The van der Waals surface area contributed by atoms with E-state index in [1.165, 1.54) is 0 Å². The van der Waals surface area contributed by atoms with E-state index in [1.807, 2.05) is 0 Å². The highest BCUT2D eigenvalue weighted by Crippen LogP contribution is 2.18. The minimum absolute atomic E-state index is 0.317. The zero-order valence-electron chi connectivity index (χ0n) is 9.36. The molecular formula is C13H14O3. The van der Waals surface area contributed by atoms with E-state index in [-0.39, 0.29) is 5.78 Å². The number of terminal acetylenes is 1. The summed E-state index contributed by atoms with van der Waals surface area (Å²) in [7, 11) is 0. The first kappa shape index (κ1) is 12.3. The molecular weight excluding hydrogens is 204 g/mol. The van der Waals surface area contributed by atoms with Gasteiger partial charge in [-0.3, -0.25) is 4.79 Å². The van der Waals surface area contributed by atoms with Crippen molar-refractivity contribution in [3.05, 3.63) is 29.8 Å². The zero-order valence-corrected chi connectivity index (χ0v) is 9.36. The molecule has 0 aliphatic rings. The largest absolute Gasteiger partial charge is 0.475 e. The van der Waals surface area contributed by atoms with Crippen LogP contribution in [0.4, 0.5) is 0 Å². The van der Waals surface area contributed by atoms with Crippen LogP contribution < -0.4 is 4.74 Å². The van der Waals surface area contributed by atoms with Gasteiger partial charge in [0, 0.05) is 5.56 Å². The van der Waals surface area contributed by atoms with Gasteiger partial charge >= 0.3 is 0 Å². The summed E-state index contributed by atoms with van der Waals surface area (Å²) in [6.45, 7) is 3.07. The van der Waals surface area contributed by atoms with Crippen molar-refractivity contribution in [2.75, 3.05) is 6.61 Å². The molecule has 0 atom stereocenters. The molecule has 3 heteroatoms. The smallest absolute Gasteiger partial charge is 0.188 e. The molecule has 0 aliphatic carbocycles. The van der Waals surface area contributed by atoms with E-state index in [0.29, 0.717) is 11.3 Å². The van der Waals surface area contributed by atoms with Gasteiger partial charge in [-0.1, -0.05) is 5.92 Å². The molecule has 1 aromatic rings. The lowest BCUT2D eigenvalue weighted by Gasteiger charge is -2.20. The van der Waals surface area contributed by atoms with Crippen molar-refractivity contribution in [3.8, 4) is 18.1 Å².